The van der Waals surface area contributed by atoms with E-state index in [9.17, 15) is 0 Å². The molecule has 6 N–H and O–H groups in total. The first-order chi connectivity index (χ1) is 6.91. The van der Waals surface area contributed by atoms with Crippen LogP contribution in [0.25, 0.3) is 0 Å². The molecule has 0 aromatic rings. The summed E-state index contributed by atoms with van der Waals surface area (Å²) < 4.78 is 9.75. The Bertz CT molecular complexity index is 102. The third-order valence-corrected chi connectivity index (χ3v) is 0.843. The molecule has 0 bridgehead atoms. The molecule has 0 fully saturated rings. The molecule has 0 aromatic carbocycles. The predicted molar refractivity (Wildman–Crippen MR) is 50.4 cm³/mol. The lowest BCUT2D eigenvalue weighted by atomic mass is 10.7. The fourth-order valence-corrected chi connectivity index (χ4v) is 0.451. The molecule has 0 unspecified atom stereocenters. The molecule has 9 heteroatoms. The SMILES string of the molecule is OCCOCCOCCO.O[Si](O)(O)O. The van der Waals surface area contributed by atoms with Crippen molar-refractivity contribution in [3.63, 3.8) is 0 Å². The highest BCUT2D eigenvalue weighted by atomic mass is 28.4. The highest BCUT2D eigenvalue weighted by Crippen LogP contribution is 1.76. The van der Waals surface area contributed by atoms with Gasteiger partial charge in [-0.3, -0.25) is 0 Å². The minimum absolute atomic E-state index is 0.0417. The zero-order chi connectivity index (χ0) is 12.2. The van der Waals surface area contributed by atoms with Crippen molar-refractivity contribution in [2.75, 3.05) is 39.6 Å². The van der Waals surface area contributed by atoms with Gasteiger partial charge in [0.2, 0.25) is 0 Å². The molecule has 0 saturated heterocycles. The van der Waals surface area contributed by atoms with E-state index in [-0.39, 0.29) is 13.2 Å². The number of aliphatic hydroxyl groups is 2. The zero-order valence-electron chi connectivity index (χ0n) is 8.24. The van der Waals surface area contributed by atoms with Crippen LogP contribution in [0.15, 0.2) is 0 Å². The van der Waals surface area contributed by atoms with Gasteiger partial charge in [-0.15, -0.1) is 0 Å². The van der Waals surface area contributed by atoms with E-state index in [0.717, 1.165) is 0 Å². The molecule has 0 aromatic heterocycles. The first kappa shape index (κ1) is 17.3. The zero-order valence-corrected chi connectivity index (χ0v) is 9.24. The average Bonchev–Trinajstić information content (AvgIpc) is 2.08. The Balaban J connectivity index is 0. The molecule has 0 aliphatic carbocycles. The largest absolute Gasteiger partial charge is 0.668 e. The second kappa shape index (κ2) is 12.0. The fraction of sp³-hybridized carbons (Fsp3) is 1.00. The Morgan fingerprint density at radius 2 is 0.933 bits per heavy atom. The number of hydrogen-bond acceptors (Lipinski definition) is 8. The van der Waals surface area contributed by atoms with Gasteiger partial charge >= 0.3 is 9.05 Å². The third kappa shape index (κ3) is 41.4. The van der Waals surface area contributed by atoms with Gasteiger partial charge < -0.3 is 38.9 Å². The van der Waals surface area contributed by atoms with Crippen molar-refractivity contribution in [3.05, 3.63) is 0 Å². The Kier molecular flexibility index (Phi) is 13.8. The molecule has 94 valence electrons. The van der Waals surface area contributed by atoms with E-state index < -0.39 is 9.05 Å². The fourth-order valence-electron chi connectivity index (χ4n) is 0.451. The van der Waals surface area contributed by atoms with Gasteiger partial charge in [-0.25, -0.2) is 0 Å². The van der Waals surface area contributed by atoms with Crippen LogP contribution in [-0.4, -0.2) is 78.1 Å². The topological polar surface area (TPSA) is 140 Å². The molecule has 0 aliphatic heterocycles. The maximum absolute atomic E-state index is 8.26. The van der Waals surface area contributed by atoms with Crippen LogP contribution < -0.4 is 0 Å². The Morgan fingerprint density at radius 1 is 0.667 bits per heavy atom. The monoisotopic (exact) mass is 246 g/mol. The normalized spacial score (nSPS) is 10.8. The van der Waals surface area contributed by atoms with Crippen LogP contribution in [0.5, 0.6) is 0 Å². The van der Waals surface area contributed by atoms with Crippen molar-refractivity contribution in [1.29, 1.82) is 0 Å². The predicted octanol–water partition coefficient (Wildman–Crippen LogP) is -3.60. The van der Waals surface area contributed by atoms with Gasteiger partial charge in [0.1, 0.15) is 0 Å². The van der Waals surface area contributed by atoms with Crippen molar-refractivity contribution in [3.8, 4) is 0 Å². The molecule has 15 heavy (non-hydrogen) atoms. The summed E-state index contributed by atoms with van der Waals surface area (Å²) in [5, 5.41) is 16.5. The van der Waals surface area contributed by atoms with Crippen LogP contribution in [0.1, 0.15) is 0 Å². The van der Waals surface area contributed by atoms with E-state index in [1.165, 1.54) is 0 Å². The summed E-state index contributed by atoms with van der Waals surface area (Å²) in [4.78, 5) is 29.3. The van der Waals surface area contributed by atoms with E-state index >= 15 is 0 Å². The van der Waals surface area contributed by atoms with Gasteiger partial charge in [-0.2, -0.15) is 0 Å². The van der Waals surface area contributed by atoms with E-state index in [2.05, 4.69) is 0 Å². The van der Waals surface area contributed by atoms with Crippen molar-refractivity contribution in [2.45, 2.75) is 0 Å². The molecule has 0 aliphatic rings. The first-order valence-electron chi connectivity index (χ1n) is 4.18. The van der Waals surface area contributed by atoms with E-state index in [1.54, 1.807) is 0 Å². The molecule has 0 spiro atoms. The molecule has 0 atom stereocenters. The molecule has 0 rings (SSSR count). The molecule has 0 radical (unpaired) electrons. The van der Waals surface area contributed by atoms with Crippen LogP contribution in [0.3, 0.4) is 0 Å². The molecule has 8 nitrogen and oxygen atoms in total. The third-order valence-electron chi connectivity index (χ3n) is 0.843. The van der Waals surface area contributed by atoms with Crippen molar-refractivity contribution in [2.24, 2.45) is 0 Å². The van der Waals surface area contributed by atoms with Crippen LogP contribution in [0, 0.1) is 0 Å². The van der Waals surface area contributed by atoms with E-state index in [1.807, 2.05) is 0 Å². The van der Waals surface area contributed by atoms with E-state index in [4.69, 9.17) is 38.9 Å². The number of rotatable bonds is 7. The Hall–Kier alpha value is -0.103. The number of ether oxygens (including phenoxy) is 2. The second-order valence-electron chi connectivity index (χ2n) is 2.27. The van der Waals surface area contributed by atoms with E-state index in [0.29, 0.717) is 26.4 Å². The Labute approximate surface area is 88.4 Å². The molecular formula is C6H18O8Si. The van der Waals surface area contributed by atoms with Crippen LogP contribution >= 0.6 is 0 Å². The highest BCUT2D eigenvalue weighted by Gasteiger charge is 2.22. The van der Waals surface area contributed by atoms with Crippen LogP contribution in [0.4, 0.5) is 0 Å². The van der Waals surface area contributed by atoms with Crippen LogP contribution in [-0.2, 0) is 9.47 Å². The maximum Gasteiger partial charge on any atom is 0.668 e. The lowest BCUT2D eigenvalue weighted by molar-refractivity contribution is 0.0222. The summed E-state index contributed by atoms with van der Waals surface area (Å²) in [6.07, 6.45) is 0. The summed E-state index contributed by atoms with van der Waals surface area (Å²) in [7, 11) is -4.61. The lowest BCUT2D eigenvalue weighted by Crippen LogP contribution is -2.33. The molecule has 0 amide bonds. The maximum atomic E-state index is 8.26. The quantitative estimate of drug-likeness (QED) is 0.200. The summed E-state index contributed by atoms with van der Waals surface area (Å²) in [5.41, 5.74) is 0. The molecular weight excluding hydrogens is 228 g/mol. The first-order valence-corrected chi connectivity index (χ1v) is 5.97. The van der Waals surface area contributed by atoms with Crippen molar-refractivity contribution in [1.82, 2.24) is 0 Å². The lowest BCUT2D eigenvalue weighted by Gasteiger charge is -2.01. The van der Waals surface area contributed by atoms with Gasteiger partial charge in [0.15, 0.2) is 0 Å². The second-order valence-corrected chi connectivity index (χ2v) is 3.47. The van der Waals surface area contributed by atoms with Gasteiger partial charge in [-0.1, -0.05) is 0 Å². The molecule has 0 heterocycles. The average molecular weight is 246 g/mol. The van der Waals surface area contributed by atoms with Gasteiger partial charge in [0.25, 0.3) is 0 Å². The summed E-state index contributed by atoms with van der Waals surface area (Å²) in [5.74, 6) is 0. The van der Waals surface area contributed by atoms with Gasteiger partial charge in [-0.05, 0) is 0 Å². The summed E-state index contributed by atoms with van der Waals surface area (Å²) >= 11 is 0. The Morgan fingerprint density at radius 3 is 1.13 bits per heavy atom. The smallest absolute Gasteiger partial charge is 0.394 e. The van der Waals surface area contributed by atoms with Crippen molar-refractivity contribution < 1.29 is 38.9 Å². The minimum Gasteiger partial charge on any atom is -0.394 e. The standard InChI is InChI=1S/C6H14O4.H4O4Si/c7-1-3-9-5-6-10-4-2-8;1-5(2,3)4/h7-8H,1-6H2;1-4H. The summed E-state index contributed by atoms with van der Waals surface area (Å²) in [6.45, 7) is 1.73. The summed E-state index contributed by atoms with van der Waals surface area (Å²) in [6, 6.07) is 0. The number of hydrogen-bond donors (Lipinski definition) is 6. The minimum atomic E-state index is -4.61. The highest BCUT2D eigenvalue weighted by molar-refractivity contribution is 6.46. The van der Waals surface area contributed by atoms with Gasteiger partial charge in [0.05, 0.1) is 39.6 Å². The molecule has 0 saturated carbocycles. The van der Waals surface area contributed by atoms with Gasteiger partial charge in [0, 0.05) is 0 Å². The van der Waals surface area contributed by atoms with Crippen LogP contribution in [0.2, 0.25) is 0 Å². The number of aliphatic hydroxyl groups excluding tert-OH is 2. The van der Waals surface area contributed by atoms with Crippen molar-refractivity contribution >= 4 is 9.05 Å².